The van der Waals surface area contributed by atoms with Crippen molar-refractivity contribution in [2.75, 3.05) is 5.33 Å². The molecule has 1 rings (SSSR count). The van der Waals surface area contributed by atoms with Crippen LogP contribution in [0.25, 0.3) is 0 Å². The van der Waals surface area contributed by atoms with Crippen molar-refractivity contribution in [2.45, 2.75) is 25.0 Å². The summed E-state index contributed by atoms with van der Waals surface area (Å²) in [6.45, 7) is 0. The first-order valence-corrected chi connectivity index (χ1v) is 6.29. The van der Waals surface area contributed by atoms with E-state index in [1.54, 1.807) is 0 Å². The Hall–Kier alpha value is -0.960. The van der Waals surface area contributed by atoms with Crippen molar-refractivity contribution < 1.29 is 14.6 Å². The lowest BCUT2D eigenvalue weighted by Crippen LogP contribution is -2.20. The Labute approximate surface area is 108 Å². The minimum atomic E-state index is -1.17. The molecule has 2 N–H and O–H groups in total. The number of hydrogen-bond acceptors (Lipinski definition) is 3. The summed E-state index contributed by atoms with van der Waals surface area (Å²) in [5.74, 6) is -0.494. The van der Waals surface area contributed by atoms with Crippen LogP contribution in [-0.4, -0.2) is 21.6 Å². The van der Waals surface area contributed by atoms with Crippen LogP contribution in [0.2, 0.25) is 0 Å². The fourth-order valence-electron chi connectivity index (χ4n) is 1.56. The van der Waals surface area contributed by atoms with Gasteiger partial charge in [-0.3, -0.25) is 0 Å². The molecule has 0 saturated heterocycles. The normalized spacial score (nSPS) is 14.1. The molecule has 2 unspecified atom stereocenters. The number of hydrogen-bond donors (Lipinski definition) is 2. The van der Waals surface area contributed by atoms with E-state index in [0.717, 1.165) is 6.07 Å². The van der Waals surface area contributed by atoms with Crippen molar-refractivity contribution in [1.29, 1.82) is 5.26 Å². The van der Waals surface area contributed by atoms with E-state index in [1.807, 2.05) is 6.07 Å². The zero-order valence-electron chi connectivity index (χ0n) is 9.11. The van der Waals surface area contributed by atoms with E-state index in [2.05, 4.69) is 15.9 Å². The van der Waals surface area contributed by atoms with Gasteiger partial charge in [0.15, 0.2) is 0 Å². The maximum absolute atomic E-state index is 13.1. The molecular weight excluding hydrogens is 289 g/mol. The molecule has 0 bridgehead atoms. The van der Waals surface area contributed by atoms with Gasteiger partial charge < -0.3 is 10.2 Å². The molecule has 0 heterocycles. The van der Waals surface area contributed by atoms with Gasteiger partial charge in [0.1, 0.15) is 11.9 Å². The fraction of sp³-hybridized carbons (Fsp3) is 0.417. The lowest BCUT2D eigenvalue weighted by atomic mass is 9.96. The first kappa shape index (κ1) is 14.1. The quantitative estimate of drug-likeness (QED) is 0.818. The Morgan fingerprint density at radius 1 is 1.41 bits per heavy atom. The van der Waals surface area contributed by atoms with Gasteiger partial charge in [-0.1, -0.05) is 22.0 Å². The predicted octanol–water partition coefficient (Wildman–Crippen LogP) is 2.07. The van der Waals surface area contributed by atoms with Gasteiger partial charge in [0.2, 0.25) is 0 Å². The molecule has 0 aliphatic rings. The van der Waals surface area contributed by atoms with Gasteiger partial charge in [0, 0.05) is 5.33 Å². The average Bonchev–Trinajstić information content (AvgIpc) is 2.31. The van der Waals surface area contributed by atoms with Gasteiger partial charge in [-0.15, -0.1) is 0 Å². The van der Waals surface area contributed by atoms with Crippen LogP contribution in [0.5, 0.6) is 0 Å². The smallest absolute Gasteiger partial charge is 0.123 e. The predicted molar refractivity (Wildman–Crippen MR) is 65.1 cm³/mol. The van der Waals surface area contributed by atoms with Gasteiger partial charge in [0.25, 0.3) is 0 Å². The molecule has 17 heavy (non-hydrogen) atoms. The topological polar surface area (TPSA) is 64.2 Å². The SMILES string of the molecule is N#CCc1ccc(F)cc1C(O)C(O)CCBr. The minimum absolute atomic E-state index is 0.0771. The molecule has 1 aromatic rings. The van der Waals surface area contributed by atoms with Crippen LogP contribution >= 0.6 is 15.9 Å². The van der Waals surface area contributed by atoms with Crippen LogP contribution in [-0.2, 0) is 6.42 Å². The fourth-order valence-corrected chi connectivity index (χ4v) is 2.03. The summed E-state index contributed by atoms with van der Waals surface area (Å²) >= 11 is 3.16. The van der Waals surface area contributed by atoms with Gasteiger partial charge in [0.05, 0.1) is 18.6 Å². The molecular formula is C12H13BrFNO2. The average molecular weight is 302 g/mol. The second-order valence-corrected chi connectivity index (χ2v) is 4.46. The maximum Gasteiger partial charge on any atom is 0.123 e. The molecule has 0 fully saturated rings. The van der Waals surface area contributed by atoms with Gasteiger partial charge in [-0.25, -0.2) is 4.39 Å². The standard InChI is InChI=1S/C12H13BrFNO2/c13-5-3-11(16)12(17)10-7-9(14)2-1-8(10)4-6-15/h1-2,7,11-12,16-17H,3-5H2. The third-order valence-corrected chi connectivity index (χ3v) is 2.92. The van der Waals surface area contributed by atoms with E-state index in [1.165, 1.54) is 12.1 Å². The molecule has 92 valence electrons. The number of aliphatic hydroxyl groups is 2. The summed E-state index contributed by atoms with van der Waals surface area (Å²) in [6, 6.07) is 5.80. The lowest BCUT2D eigenvalue weighted by molar-refractivity contribution is 0.0167. The molecule has 0 spiro atoms. The van der Waals surface area contributed by atoms with Crippen LogP contribution in [0, 0.1) is 17.1 Å². The number of benzene rings is 1. The van der Waals surface area contributed by atoms with Crippen LogP contribution < -0.4 is 0 Å². The van der Waals surface area contributed by atoms with E-state index in [0.29, 0.717) is 17.3 Å². The zero-order valence-corrected chi connectivity index (χ0v) is 10.7. The van der Waals surface area contributed by atoms with Gasteiger partial charge >= 0.3 is 0 Å². The van der Waals surface area contributed by atoms with E-state index in [-0.39, 0.29) is 12.0 Å². The Kier molecular flexibility index (Phi) is 5.56. The molecule has 0 aliphatic heterocycles. The first-order valence-electron chi connectivity index (χ1n) is 5.17. The Morgan fingerprint density at radius 3 is 2.71 bits per heavy atom. The van der Waals surface area contributed by atoms with E-state index >= 15 is 0 Å². The molecule has 1 aromatic carbocycles. The number of nitriles is 1. The summed E-state index contributed by atoms with van der Waals surface area (Å²) in [4.78, 5) is 0. The zero-order chi connectivity index (χ0) is 12.8. The summed E-state index contributed by atoms with van der Waals surface area (Å²) in [5.41, 5.74) is 0.815. The Morgan fingerprint density at radius 2 is 2.12 bits per heavy atom. The number of halogens is 2. The van der Waals surface area contributed by atoms with Gasteiger partial charge in [-0.05, 0) is 29.7 Å². The molecule has 2 atom stereocenters. The van der Waals surface area contributed by atoms with E-state index in [4.69, 9.17) is 5.26 Å². The van der Waals surface area contributed by atoms with Crippen LogP contribution in [0.3, 0.4) is 0 Å². The van der Waals surface area contributed by atoms with Crippen molar-refractivity contribution >= 4 is 15.9 Å². The second kappa shape index (κ2) is 6.70. The highest BCUT2D eigenvalue weighted by Gasteiger charge is 2.21. The molecule has 0 saturated carbocycles. The monoisotopic (exact) mass is 301 g/mol. The number of alkyl halides is 1. The molecule has 0 aromatic heterocycles. The van der Waals surface area contributed by atoms with Crippen molar-refractivity contribution in [3.63, 3.8) is 0 Å². The molecule has 3 nitrogen and oxygen atoms in total. The summed E-state index contributed by atoms with van der Waals surface area (Å²) in [7, 11) is 0. The summed E-state index contributed by atoms with van der Waals surface area (Å²) in [6.07, 6.45) is -1.72. The molecule has 0 aliphatic carbocycles. The summed E-state index contributed by atoms with van der Waals surface area (Å²) in [5, 5.41) is 28.8. The Balaban J connectivity index is 3.01. The van der Waals surface area contributed by atoms with Crippen molar-refractivity contribution in [3.8, 4) is 6.07 Å². The largest absolute Gasteiger partial charge is 0.390 e. The maximum atomic E-state index is 13.1. The minimum Gasteiger partial charge on any atom is -0.390 e. The van der Waals surface area contributed by atoms with Crippen molar-refractivity contribution in [1.82, 2.24) is 0 Å². The lowest BCUT2D eigenvalue weighted by Gasteiger charge is -2.19. The Bertz CT molecular complexity index is 419. The third kappa shape index (κ3) is 3.77. The van der Waals surface area contributed by atoms with Gasteiger partial charge in [-0.2, -0.15) is 5.26 Å². The van der Waals surface area contributed by atoms with Crippen molar-refractivity contribution in [3.05, 3.63) is 35.1 Å². The van der Waals surface area contributed by atoms with Crippen LogP contribution in [0.15, 0.2) is 18.2 Å². The molecule has 5 heteroatoms. The van der Waals surface area contributed by atoms with Crippen LogP contribution in [0.4, 0.5) is 4.39 Å². The van der Waals surface area contributed by atoms with E-state index < -0.39 is 18.0 Å². The number of nitrogens with zero attached hydrogens (tertiary/aromatic N) is 1. The van der Waals surface area contributed by atoms with E-state index in [9.17, 15) is 14.6 Å². The number of aliphatic hydroxyl groups excluding tert-OH is 2. The highest BCUT2D eigenvalue weighted by Crippen LogP contribution is 2.24. The number of rotatable bonds is 5. The highest BCUT2D eigenvalue weighted by molar-refractivity contribution is 9.09. The molecule has 0 amide bonds. The highest BCUT2D eigenvalue weighted by atomic mass is 79.9. The van der Waals surface area contributed by atoms with Crippen molar-refractivity contribution in [2.24, 2.45) is 0 Å². The first-order chi connectivity index (χ1) is 8.10. The molecule has 0 radical (unpaired) electrons. The summed E-state index contributed by atoms with van der Waals surface area (Å²) < 4.78 is 13.1. The second-order valence-electron chi connectivity index (χ2n) is 3.67. The van der Waals surface area contributed by atoms with Crippen LogP contribution in [0.1, 0.15) is 23.7 Å². The third-order valence-electron chi connectivity index (χ3n) is 2.47.